The molecular formula is C18H19BrN8O. The Balaban J connectivity index is 1.76. The molecule has 0 aliphatic carbocycles. The normalized spacial score (nSPS) is 15.4. The van der Waals surface area contributed by atoms with Crippen molar-refractivity contribution in [1.82, 2.24) is 25.3 Å². The summed E-state index contributed by atoms with van der Waals surface area (Å²) in [6, 6.07) is 7.85. The van der Waals surface area contributed by atoms with E-state index in [-0.39, 0.29) is 24.4 Å². The summed E-state index contributed by atoms with van der Waals surface area (Å²) in [6.45, 7) is 3.55. The second-order valence-corrected chi connectivity index (χ2v) is 7.46. The number of pyridine rings is 1. The van der Waals surface area contributed by atoms with Gasteiger partial charge in [-0.25, -0.2) is 15.0 Å². The molecule has 9 nitrogen and oxygen atoms in total. The van der Waals surface area contributed by atoms with E-state index in [1.165, 1.54) is 6.33 Å². The molecule has 0 spiro atoms. The Morgan fingerprint density at radius 2 is 2.14 bits per heavy atom. The van der Waals surface area contributed by atoms with Crippen LogP contribution in [0.2, 0.25) is 0 Å². The number of rotatable bonds is 4. The third kappa shape index (κ3) is 3.81. The zero-order chi connectivity index (χ0) is 19.7. The Morgan fingerprint density at radius 3 is 2.93 bits per heavy atom. The van der Waals surface area contributed by atoms with Crippen LogP contribution in [0, 0.1) is 0 Å². The van der Waals surface area contributed by atoms with Crippen LogP contribution in [0.4, 0.5) is 17.7 Å². The number of hydrogen-bond acceptors (Lipinski definition) is 8. The molecule has 0 bridgehead atoms. The van der Waals surface area contributed by atoms with Crippen LogP contribution in [0.5, 0.6) is 0 Å². The van der Waals surface area contributed by atoms with Crippen molar-refractivity contribution in [3.63, 3.8) is 0 Å². The van der Waals surface area contributed by atoms with E-state index in [1.807, 2.05) is 30.0 Å². The fourth-order valence-corrected chi connectivity index (χ4v) is 3.57. The highest BCUT2D eigenvalue weighted by atomic mass is 79.9. The van der Waals surface area contributed by atoms with Gasteiger partial charge in [-0.3, -0.25) is 4.79 Å². The molecule has 4 N–H and O–H groups in total. The number of amides is 1. The number of nitrogens with one attached hydrogen (secondary N) is 2. The largest absolute Gasteiger partial charge is 0.368 e. The SMILES string of the molecule is CC(Nc1ncnc(N)n1)c1cc2cc(Br)ccc2nc1N1CCNC(=O)C1. The maximum atomic E-state index is 11.9. The number of aromatic nitrogens is 4. The summed E-state index contributed by atoms with van der Waals surface area (Å²) in [7, 11) is 0. The van der Waals surface area contributed by atoms with E-state index in [4.69, 9.17) is 10.7 Å². The molecule has 144 valence electrons. The standard InChI is InChI=1S/C18H19BrN8O/c1-10(24-18-23-9-22-17(20)26-18)13-7-11-6-12(19)2-3-14(11)25-16(13)27-5-4-21-15(28)8-27/h2-3,6-7,9-10H,4-5,8H2,1H3,(H,21,28)(H3,20,22,23,24,26). The van der Waals surface area contributed by atoms with E-state index in [0.717, 1.165) is 26.8 Å². The first-order chi connectivity index (χ1) is 13.5. The molecule has 1 fully saturated rings. The lowest BCUT2D eigenvalue weighted by Crippen LogP contribution is -2.48. The van der Waals surface area contributed by atoms with Gasteiger partial charge < -0.3 is 21.3 Å². The van der Waals surface area contributed by atoms with Crippen molar-refractivity contribution >= 4 is 50.5 Å². The number of anilines is 3. The number of halogens is 1. The van der Waals surface area contributed by atoms with E-state index in [1.54, 1.807) is 0 Å². The summed E-state index contributed by atoms with van der Waals surface area (Å²) in [6.07, 6.45) is 1.36. The number of benzene rings is 1. The molecule has 10 heteroatoms. The highest BCUT2D eigenvalue weighted by molar-refractivity contribution is 9.10. The predicted molar refractivity (Wildman–Crippen MR) is 111 cm³/mol. The monoisotopic (exact) mass is 442 g/mol. The van der Waals surface area contributed by atoms with Gasteiger partial charge in [0.05, 0.1) is 18.1 Å². The first-order valence-electron chi connectivity index (χ1n) is 8.82. The van der Waals surface area contributed by atoms with E-state index < -0.39 is 0 Å². The van der Waals surface area contributed by atoms with E-state index in [2.05, 4.69) is 47.6 Å². The Kier molecular flexibility index (Phi) is 4.95. The molecule has 1 saturated heterocycles. The second-order valence-electron chi connectivity index (χ2n) is 6.54. The van der Waals surface area contributed by atoms with Gasteiger partial charge in [0, 0.05) is 28.5 Å². The van der Waals surface area contributed by atoms with Gasteiger partial charge in [-0.15, -0.1) is 0 Å². The van der Waals surface area contributed by atoms with Crippen LogP contribution in [0.3, 0.4) is 0 Å². The van der Waals surface area contributed by atoms with Crippen molar-refractivity contribution in [2.24, 2.45) is 0 Å². The molecule has 1 unspecified atom stereocenters. The Bertz CT molecular complexity index is 1040. The number of piperazine rings is 1. The summed E-state index contributed by atoms with van der Waals surface area (Å²) >= 11 is 3.51. The molecule has 2 aromatic heterocycles. The van der Waals surface area contributed by atoms with E-state index in [0.29, 0.717) is 19.0 Å². The maximum Gasteiger partial charge on any atom is 0.239 e. The van der Waals surface area contributed by atoms with Crippen molar-refractivity contribution in [2.45, 2.75) is 13.0 Å². The minimum absolute atomic E-state index is 0.0132. The van der Waals surface area contributed by atoms with Crippen molar-refractivity contribution in [1.29, 1.82) is 0 Å². The number of nitrogens with two attached hydrogens (primary N) is 1. The van der Waals surface area contributed by atoms with Crippen molar-refractivity contribution < 1.29 is 4.79 Å². The summed E-state index contributed by atoms with van der Waals surface area (Å²) in [5.41, 5.74) is 7.46. The Labute approximate surface area is 169 Å². The number of nitrogen functional groups attached to an aromatic ring is 1. The fourth-order valence-electron chi connectivity index (χ4n) is 3.19. The van der Waals surface area contributed by atoms with Crippen LogP contribution in [0.25, 0.3) is 10.9 Å². The zero-order valence-electron chi connectivity index (χ0n) is 15.2. The van der Waals surface area contributed by atoms with Gasteiger partial charge in [0.15, 0.2) is 0 Å². The average molecular weight is 443 g/mol. The van der Waals surface area contributed by atoms with Crippen LogP contribution in [-0.2, 0) is 4.79 Å². The molecule has 1 aliphatic heterocycles. The van der Waals surface area contributed by atoms with Crippen LogP contribution < -0.4 is 21.3 Å². The summed E-state index contributed by atoms with van der Waals surface area (Å²) in [5, 5.41) is 7.10. The van der Waals surface area contributed by atoms with Gasteiger partial charge >= 0.3 is 0 Å². The van der Waals surface area contributed by atoms with Gasteiger partial charge in [0.25, 0.3) is 0 Å². The summed E-state index contributed by atoms with van der Waals surface area (Å²) < 4.78 is 0.976. The van der Waals surface area contributed by atoms with E-state index >= 15 is 0 Å². The number of hydrogen-bond donors (Lipinski definition) is 3. The molecule has 3 heterocycles. The Hall–Kier alpha value is -3.01. The lowest BCUT2D eigenvalue weighted by molar-refractivity contribution is -0.120. The predicted octanol–water partition coefficient (Wildman–Crippen LogP) is 1.87. The third-order valence-electron chi connectivity index (χ3n) is 4.53. The summed E-state index contributed by atoms with van der Waals surface area (Å²) in [4.78, 5) is 30.8. The van der Waals surface area contributed by atoms with Gasteiger partial charge in [-0.1, -0.05) is 15.9 Å². The smallest absolute Gasteiger partial charge is 0.239 e. The molecule has 0 saturated carbocycles. The lowest BCUT2D eigenvalue weighted by Gasteiger charge is -2.31. The molecule has 0 radical (unpaired) electrons. The van der Waals surface area contributed by atoms with Gasteiger partial charge in [-0.2, -0.15) is 4.98 Å². The number of carbonyl (C=O) groups is 1. The van der Waals surface area contributed by atoms with Crippen LogP contribution in [0.1, 0.15) is 18.5 Å². The maximum absolute atomic E-state index is 11.9. The molecule has 1 atom stereocenters. The molecule has 1 aliphatic rings. The molecule has 1 aromatic carbocycles. The van der Waals surface area contributed by atoms with Gasteiger partial charge in [-0.05, 0) is 31.2 Å². The molecule has 3 aromatic rings. The van der Waals surface area contributed by atoms with Gasteiger partial charge in [0.2, 0.25) is 17.8 Å². The van der Waals surface area contributed by atoms with E-state index in [9.17, 15) is 4.79 Å². The average Bonchev–Trinajstić information content (AvgIpc) is 2.67. The topological polar surface area (TPSA) is 122 Å². The second kappa shape index (κ2) is 7.55. The Morgan fingerprint density at radius 1 is 1.29 bits per heavy atom. The van der Waals surface area contributed by atoms with Crippen LogP contribution >= 0.6 is 15.9 Å². The molecule has 28 heavy (non-hydrogen) atoms. The van der Waals surface area contributed by atoms with Crippen molar-refractivity contribution in [3.05, 3.63) is 40.6 Å². The van der Waals surface area contributed by atoms with Gasteiger partial charge in [0.1, 0.15) is 12.1 Å². The third-order valence-corrected chi connectivity index (χ3v) is 5.02. The zero-order valence-corrected chi connectivity index (χ0v) is 16.8. The minimum Gasteiger partial charge on any atom is -0.368 e. The summed E-state index contributed by atoms with van der Waals surface area (Å²) in [5.74, 6) is 1.29. The first-order valence-corrected chi connectivity index (χ1v) is 9.62. The minimum atomic E-state index is -0.169. The highest BCUT2D eigenvalue weighted by Gasteiger charge is 2.23. The first kappa shape index (κ1) is 18.4. The molecular weight excluding hydrogens is 424 g/mol. The van der Waals surface area contributed by atoms with Crippen molar-refractivity contribution in [3.8, 4) is 0 Å². The highest BCUT2D eigenvalue weighted by Crippen LogP contribution is 2.31. The number of fused-ring (bicyclic) bond motifs is 1. The van der Waals surface area contributed by atoms with Crippen molar-refractivity contribution in [2.75, 3.05) is 35.6 Å². The number of carbonyl (C=O) groups excluding carboxylic acids is 1. The molecule has 4 rings (SSSR count). The molecule has 1 amide bonds. The van der Waals surface area contributed by atoms with Crippen LogP contribution in [0.15, 0.2) is 35.1 Å². The lowest BCUT2D eigenvalue weighted by atomic mass is 10.0. The van der Waals surface area contributed by atoms with Crippen LogP contribution in [-0.4, -0.2) is 45.5 Å². The fraction of sp³-hybridized carbons (Fsp3) is 0.278. The quantitative estimate of drug-likeness (QED) is 0.559. The number of nitrogens with zero attached hydrogens (tertiary/aromatic N) is 5.